The lowest BCUT2D eigenvalue weighted by Crippen LogP contribution is -2.31. The molecule has 0 saturated carbocycles. The molecule has 0 unspecified atom stereocenters. The van der Waals surface area contributed by atoms with Crippen molar-refractivity contribution < 1.29 is 8.42 Å². The van der Waals surface area contributed by atoms with Gasteiger partial charge < -0.3 is 0 Å². The van der Waals surface area contributed by atoms with Gasteiger partial charge in [0.1, 0.15) is 5.65 Å². The summed E-state index contributed by atoms with van der Waals surface area (Å²) in [6.07, 6.45) is 2.85. The zero-order chi connectivity index (χ0) is 16.9. The van der Waals surface area contributed by atoms with Crippen LogP contribution >= 0.6 is 0 Å². The molecule has 7 heteroatoms. The van der Waals surface area contributed by atoms with Crippen LogP contribution in [0.3, 0.4) is 0 Å². The second kappa shape index (κ2) is 5.04. The van der Waals surface area contributed by atoms with Gasteiger partial charge in [0, 0.05) is 17.8 Å². The van der Waals surface area contributed by atoms with E-state index in [1.807, 2.05) is 13.0 Å². The summed E-state index contributed by atoms with van der Waals surface area (Å²) in [5, 5.41) is 0.778. The maximum atomic E-state index is 12.8. The number of hydrogen-bond donors (Lipinski definition) is 0. The van der Waals surface area contributed by atoms with Gasteiger partial charge in [0.05, 0.1) is 10.4 Å². The highest BCUT2D eigenvalue weighted by molar-refractivity contribution is 7.90. The molecule has 0 fully saturated rings. The molecule has 0 saturated heterocycles. The summed E-state index contributed by atoms with van der Waals surface area (Å²) >= 11 is 0. The topological polar surface area (TPSA) is 73.4 Å². The van der Waals surface area contributed by atoms with Crippen molar-refractivity contribution >= 4 is 26.6 Å². The van der Waals surface area contributed by atoms with Crippen LogP contribution in [0.2, 0.25) is 0 Å². The molecule has 3 aromatic heterocycles. The smallest absolute Gasteiger partial charge is 0.246 e. The fourth-order valence-corrected chi connectivity index (χ4v) is 3.91. The Kier molecular flexibility index (Phi) is 3.07. The third kappa shape index (κ3) is 2.05. The number of fused-ring (bicyclic) bond motifs is 3. The highest BCUT2D eigenvalue weighted by Gasteiger charge is 2.20. The SMILES string of the molecule is Cc1ccc(S(=O)(=O)n2ccc3cc4cccnc4n3c2=O)cc1. The molecule has 0 radical (unpaired) electrons. The van der Waals surface area contributed by atoms with Crippen LogP contribution in [-0.4, -0.2) is 21.8 Å². The van der Waals surface area contributed by atoms with Crippen LogP contribution in [0.1, 0.15) is 5.56 Å². The van der Waals surface area contributed by atoms with Crippen molar-refractivity contribution in [2.75, 3.05) is 0 Å². The van der Waals surface area contributed by atoms with Gasteiger partial charge in [0.15, 0.2) is 0 Å². The van der Waals surface area contributed by atoms with E-state index in [2.05, 4.69) is 4.98 Å². The van der Waals surface area contributed by atoms with E-state index in [4.69, 9.17) is 0 Å². The van der Waals surface area contributed by atoms with Crippen LogP contribution in [-0.2, 0) is 10.0 Å². The maximum absolute atomic E-state index is 12.8. The van der Waals surface area contributed by atoms with Crippen LogP contribution < -0.4 is 5.69 Å². The van der Waals surface area contributed by atoms with Gasteiger partial charge in [-0.1, -0.05) is 17.7 Å². The molecule has 3 heterocycles. The van der Waals surface area contributed by atoms with E-state index >= 15 is 0 Å². The van der Waals surface area contributed by atoms with Gasteiger partial charge in [-0.15, -0.1) is 0 Å². The lowest BCUT2D eigenvalue weighted by molar-refractivity contribution is 0.583. The summed E-state index contributed by atoms with van der Waals surface area (Å²) in [5.74, 6) is 0. The Labute approximate surface area is 137 Å². The third-order valence-electron chi connectivity index (χ3n) is 3.93. The first-order valence-corrected chi connectivity index (χ1v) is 8.72. The molecule has 1 aromatic carbocycles. The number of benzene rings is 1. The summed E-state index contributed by atoms with van der Waals surface area (Å²) in [5.41, 5.74) is 1.31. The Balaban J connectivity index is 2.04. The molecule has 0 N–H and O–H groups in total. The second-order valence-electron chi connectivity index (χ2n) is 5.53. The minimum Gasteiger partial charge on any atom is -0.246 e. The van der Waals surface area contributed by atoms with Crippen LogP contribution in [0, 0.1) is 6.92 Å². The first kappa shape index (κ1) is 14.6. The van der Waals surface area contributed by atoms with Gasteiger partial charge in [-0.3, -0.25) is 0 Å². The van der Waals surface area contributed by atoms with Gasteiger partial charge in [0.2, 0.25) is 0 Å². The maximum Gasteiger partial charge on any atom is 0.348 e. The Morgan fingerprint density at radius 2 is 1.79 bits per heavy atom. The van der Waals surface area contributed by atoms with Crippen molar-refractivity contribution in [3.8, 4) is 0 Å². The van der Waals surface area contributed by atoms with Crippen molar-refractivity contribution in [2.45, 2.75) is 11.8 Å². The van der Waals surface area contributed by atoms with Crippen LogP contribution in [0.25, 0.3) is 16.6 Å². The van der Waals surface area contributed by atoms with E-state index in [1.54, 1.807) is 36.5 Å². The molecule has 0 aliphatic heterocycles. The average Bonchev–Trinajstić information content (AvgIpc) is 2.94. The molecule has 0 aliphatic rings. The van der Waals surface area contributed by atoms with Crippen LogP contribution in [0.4, 0.5) is 0 Å². The Hall–Kier alpha value is -2.93. The van der Waals surface area contributed by atoms with Crippen molar-refractivity contribution in [1.82, 2.24) is 13.4 Å². The van der Waals surface area contributed by atoms with E-state index < -0.39 is 15.7 Å². The predicted molar refractivity (Wildman–Crippen MR) is 90.7 cm³/mol. The summed E-state index contributed by atoms with van der Waals surface area (Å²) < 4.78 is 27.6. The molecule has 6 nitrogen and oxygen atoms in total. The lowest BCUT2D eigenvalue weighted by Gasteiger charge is -2.08. The highest BCUT2D eigenvalue weighted by Crippen LogP contribution is 2.17. The molecule has 0 atom stereocenters. The van der Waals surface area contributed by atoms with Crippen LogP contribution in [0.15, 0.2) is 70.6 Å². The number of aromatic nitrogens is 3. The van der Waals surface area contributed by atoms with Gasteiger partial charge >= 0.3 is 5.69 Å². The largest absolute Gasteiger partial charge is 0.348 e. The summed E-state index contributed by atoms with van der Waals surface area (Å²) in [4.78, 5) is 17.1. The quantitative estimate of drug-likeness (QED) is 0.561. The average molecular weight is 339 g/mol. The Bertz CT molecular complexity index is 1240. The molecule has 24 heavy (non-hydrogen) atoms. The molecule has 4 rings (SSSR count). The first-order chi connectivity index (χ1) is 11.5. The van der Waals surface area contributed by atoms with Gasteiger partial charge in [0.25, 0.3) is 10.0 Å². The monoisotopic (exact) mass is 339 g/mol. The van der Waals surface area contributed by atoms with E-state index in [-0.39, 0.29) is 4.90 Å². The zero-order valence-corrected chi connectivity index (χ0v) is 13.6. The number of hydrogen-bond acceptors (Lipinski definition) is 4. The fraction of sp³-hybridized carbons (Fsp3) is 0.0588. The predicted octanol–water partition coefficient (Wildman–Crippen LogP) is 2.19. The minimum absolute atomic E-state index is 0.0685. The normalized spacial score (nSPS) is 12.0. The summed E-state index contributed by atoms with van der Waals surface area (Å²) in [6.45, 7) is 1.87. The molecule has 0 spiro atoms. The summed E-state index contributed by atoms with van der Waals surface area (Å²) in [7, 11) is -3.97. The lowest BCUT2D eigenvalue weighted by atomic mass is 10.2. The van der Waals surface area contributed by atoms with E-state index in [0.29, 0.717) is 11.2 Å². The minimum atomic E-state index is -3.97. The molecule has 120 valence electrons. The van der Waals surface area contributed by atoms with E-state index in [0.717, 1.165) is 14.9 Å². The zero-order valence-electron chi connectivity index (χ0n) is 12.7. The second-order valence-corrected chi connectivity index (χ2v) is 7.35. The molecule has 0 amide bonds. The van der Waals surface area contributed by atoms with Crippen molar-refractivity contribution in [1.29, 1.82) is 0 Å². The third-order valence-corrected chi connectivity index (χ3v) is 5.59. The van der Waals surface area contributed by atoms with Gasteiger partial charge in [-0.05, 0) is 43.3 Å². The van der Waals surface area contributed by atoms with Crippen LogP contribution in [0.5, 0.6) is 0 Å². The van der Waals surface area contributed by atoms with Crippen molar-refractivity contribution in [3.63, 3.8) is 0 Å². The number of nitrogens with zero attached hydrogens (tertiary/aromatic N) is 3. The summed E-state index contributed by atoms with van der Waals surface area (Å²) in [6, 6.07) is 13.4. The van der Waals surface area contributed by atoms with E-state index in [1.165, 1.54) is 22.7 Å². The van der Waals surface area contributed by atoms with E-state index in [9.17, 15) is 13.2 Å². The number of aryl methyl sites for hydroxylation is 1. The standard InChI is InChI=1S/C17H13N3O3S/c1-12-4-6-15(7-5-12)24(22,23)19-10-8-14-11-13-3-2-9-18-16(13)20(14)17(19)21/h2-11H,1H3. The molecular formula is C17H13N3O3S. The van der Waals surface area contributed by atoms with Gasteiger partial charge in [-0.25, -0.2) is 22.6 Å². The molecule has 0 bridgehead atoms. The number of rotatable bonds is 2. The Morgan fingerprint density at radius 1 is 1.04 bits per heavy atom. The van der Waals surface area contributed by atoms with Gasteiger partial charge in [-0.2, -0.15) is 3.97 Å². The highest BCUT2D eigenvalue weighted by atomic mass is 32.2. The molecule has 0 aliphatic carbocycles. The first-order valence-electron chi connectivity index (χ1n) is 7.28. The fourth-order valence-electron chi connectivity index (χ4n) is 2.69. The number of pyridine rings is 1. The van der Waals surface area contributed by atoms with Crippen molar-refractivity contribution in [3.05, 3.63) is 77.0 Å². The Morgan fingerprint density at radius 3 is 2.54 bits per heavy atom. The molecular weight excluding hydrogens is 326 g/mol. The van der Waals surface area contributed by atoms with Crippen molar-refractivity contribution in [2.24, 2.45) is 0 Å². The molecule has 4 aromatic rings.